The minimum atomic E-state index is -0.723. The Labute approximate surface area is 137 Å². The molecule has 0 saturated carbocycles. The quantitative estimate of drug-likeness (QED) is 0.779. The summed E-state index contributed by atoms with van der Waals surface area (Å²) in [7, 11) is 0. The Kier molecular flexibility index (Phi) is 3.40. The number of nitrogens with zero attached hydrogens (tertiary/aromatic N) is 4. The normalized spacial score (nSPS) is 26.7. The molecule has 8 heteroatoms. The summed E-state index contributed by atoms with van der Waals surface area (Å²) >= 11 is 5.54. The predicted octanol–water partition coefficient (Wildman–Crippen LogP) is 1.67. The fourth-order valence-corrected chi connectivity index (χ4v) is 3.36. The van der Waals surface area contributed by atoms with Crippen molar-refractivity contribution in [2.45, 2.75) is 38.7 Å². The van der Waals surface area contributed by atoms with Crippen molar-refractivity contribution >= 4 is 18.0 Å². The molecule has 0 amide bonds. The molecule has 1 aromatic carbocycles. The van der Waals surface area contributed by atoms with E-state index in [0.717, 1.165) is 16.8 Å². The zero-order chi connectivity index (χ0) is 16.1. The molecular formula is C15H16N4O3S. The number of ketones is 1. The van der Waals surface area contributed by atoms with Gasteiger partial charge in [0.1, 0.15) is 6.10 Å². The van der Waals surface area contributed by atoms with Gasteiger partial charge in [0.05, 0.1) is 18.3 Å². The van der Waals surface area contributed by atoms with E-state index in [4.69, 9.17) is 21.7 Å². The highest BCUT2D eigenvalue weighted by atomic mass is 32.1. The van der Waals surface area contributed by atoms with E-state index in [2.05, 4.69) is 10.4 Å². The molecule has 3 heterocycles. The molecule has 2 fully saturated rings. The lowest BCUT2D eigenvalue weighted by Crippen LogP contribution is -2.37. The number of ether oxygens (including phenoxy) is 2. The van der Waals surface area contributed by atoms with E-state index in [1.165, 1.54) is 0 Å². The van der Waals surface area contributed by atoms with Crippen molar-refractivity contribution in [1.82, 2.24) is 19.8 Å². The number of carbonyl (C=O) groups is 1. The SMILES string of the molecule is Cc1cccc(-n2nnn([C@@H]3CC(=O)[C@@H]4OC[C@H]3O4)c2=S)c1C. The highest BCUT2D eigenvalue weighted by Gasteiger charge is 2.45. The Morgan fingerprint density at radius 2 is 2.13 bits per heavy atom. The van der Waals surface area contributed by atoms with Crippen molar-refractivity contribution < 1.29 is 14.3 Å². The first-order valence-corrected chi connectivity index (χ1v) is 7.88. The number of aromatic nitrogens is 4. The third-order valence-corrected chi connectivity index (χ3v) is 4.89. The first kappa shape index (κ1) is 14.7. The van der Waals surface area contributed by atoms with Gasteiger partial charge in [-0.2, -0.15) is 4.68 Å². The molecule has 2 saturated heterocycles. The van der Waals surface area contributed by atoms with Gasteiger partial charge in [-0.05, 0) is 53.7 Å². The molecule has 23 heavy (non-hydrogen) atoms. The van der Waals surface area contributed by atoms with Gasteiger partial charge in [0, 0.05) is 6.42 Å². The standard InChI is InChI=1S/C15H16N4O3S/c1-8-4-3-5-10(9(8)2)18-15(23)19(17-16-18)11-6-12(20)14-21-7-13(11)22-14/h3-5,11,13-14H,6-7H2,1-2H3/t11-,13-,14-/m1/s1. The van der Waals surface area contributed by atoms with Gasteiger partial charge in [0.25, 0.3) is 0 Å². The van der Waals surface area contributed by atoms with E-state index in [1.54, 1.807) is 9.36 Å². The number of Topliss-reactive ketones (excluding diaryl/α,β-unsaturated/α-hetero) is 1. The van der Waals surface area contributed by atoms with E-state index < -0.39 is 6.29 Å². The summed E-state index contributed by atoms with van der Waals surface area (Å²) in [5, 5.41) is 8.36. The number of tetrazole rings is 1. The molecule has 7 nitrogen and oxygen atoms in total. The Balaban J connectivity index is 1.76. The van der Waals surface area contributed by atoms with Crippen LogP contribution in [0.25, 0.3) is 5.69 Å². The third kappa shape index (κ3) is 2.25. The maximum atomic E-state index is 12.0. The maximum Gasteiger partial charge on any atom is 0.221 e. The second kappa shape index (κ2) is 5.33. The minimum absolute atomic E-state index is 0.0769. The van der Waals surface area contributed by atoms with Gasteiger partial charge < -0.3 is 9.47 Å². The van der Waals surface area contributed by atoms with Gasteiger partial charge in [-0.1, -0.05) is 12.1 Å². The van der Waals surface area contributed by atoms with E-state index in [1.807, 2.05) is 32.0 Å². The zero-order valence-corrected chi connectivity index (χ0v) is 13.6. The van der Waals surface area contributed by atoms with Gasteiger partial charge in [-0.3, -0.25) is 4.79 Å². The molecule has 0 N–H and O–H groups in total. The smallest absolute Gasteiger partial charge is 0.221 e. The Morgan fingerprint density at radius 3 is 2.96 bits per heavy atom. The van der Waals surface area contributed by atoms with E-state index in [9.17, 15) is 4.79 Å². The summed E-state index contributed by atoms with van der Waals surface area (Å²) in [5.41, 5.74) is 3.14. The molecule has 1 aromatic heterocycles. The minimum Gasteiger partial charge on any atom is -0.343 e. The number of hydrogen-bond acceptors (Lipinski definition) is 6. The Morgan fingerprint density at radius 1 is 1.30 bits per heavy atom. The number of aryl methyl sites for hydroxylation is 1. The van der Waals surface area contributed by atoms with Crippen LogP contribution in [0.15, 0.2) is 18.2 Å². The van der Waals surface area contributed by atoms with Crippen LogP contribution >= 0.6 is 12.2 Å². The molecule has 0 spiro atoms. The summed E-state index contributed by atoms with van der Waals surface area (Å²) in [5.74, 6) is -0.0769. The molecule has 2 aliphatic heterocycles. The first-order chi connectivity index (χ1) is 11.1. The monoisotopic (exact) mass is 332 g/mol. The molecule has 2 aromatic rings. The molecule has 0 aliphatic carbocycles. The number of hydrogen-bond donors (Lipinski definition) is 0. The van der Waals surface area contributed by atoms with Gasteiger partial charge in [0.2, 0.25) is 11.1 Å². The number of benzene rings is 1. The summed E-state index contributed by atoms with van der Waals surface area (Å²) in [6, 6.07) is 5.68. The Bertz CT molecular complexity index is 843. The molecule has 3 atom stereocenters. The lowest BCUT2D eigenvalue weighted by molar-refractivity contribution is -0.156. The number of rotatable bonds is 2. The first-order valence-electron chi connectivity index (χ1n) is 7.47. The number of fused-ring (bicyclic) bond motifs is 2. The van der Waals surface area contributed by atoms with Crippen LogP contribution in [-0.2, 0) is 14.3 Å². The van der Waals surface area contributed by atoms with E-state index in [0.29, 0.717) is 17.8 Å². The largest absolute Gasteiger partial charge is 0.343 e. The number of carbonyl (C=O) groups excluding carboxylic acids is 1. The molecule has 4 rings (SSSR count). The van der Waals surface area contributed by atoms with Crippen molar-refractivity contribution in [3.8, 4) is 5.69 Å². The van der Waals surface area contributed by atoms with Crippen molar-refractivity contribution in [3.63, 3.8) is 0 Å². The average molecular weight is 332 g/mol. The molecular weight excluding hydrogens is 316 g/mol. The lowest BCUT2D eigenvalue weighted by Gasteiger charge is -2.25. The molecule has 2 bridgehead atoms. The molecule has 0 unspecified atom stereocenters. The van der Waals surface area contributed by atoms with Crippen LogP contribution in [0.4, 0.5) is 0 Å². The highest BCUT2D eigenvalue weighted by Crippen LogP contribution is 2.32. The summed E-state index contributed by atoms with van der Waals surface area (Å²) in [6.07, 6.45) is -0.637. The van der Waals surface area contributed by atoms with Crippen molar-refractivity contribution in [3.05, 3.63) is 34.1 Å². The van der Waals surface area contributed by atoms with Crippen LogP contribution in [0.5, 0.6) is 0 Å². The lowest BCUT2D eigenvalue weighted by atomic mass is 10.0. The third-order valence-electron chi connectivity index (χ3n) is 4.53. The van der Waals surface area contributed by atoms with Crippen LogP contribution in [0.1, 0.15) is 23.6 Å². The average Bonchev–Trinajstić information content (AvgIpc) is 3.12. The molecule has 2 aliphatic rings. The van der Waals surface area contributed by atoms with Crippen molar-refractivity contribution in [2.24, 2.45) is 0 Å². The van der Waals surface area contributed by atoms with Crippen molar-refractivity contribution in [1.29, 1.82) is 0 Å². The van der Waals surface area contributed by atoms with Gasteiger partial charge in [-0.25, -0.2) is 4.68 Å². The van der Waals surface area contributed by atoms with Crippen LogP contribution in [-0.4, -0.2) is 44.6 Å². The van der Waals surface area contributed by atoms with E-state index in [-0.39, 0.29) is 17.9 Å². The summed E-state index contributed by atoms with van der Waals surface area (Å²) < 4.78 is 14.6. The van der Waals surface area contributed by atoms with Crippen LogP contribution in [0.2, 0.25) is 0 Å². The van der Waals surface area contributed by atoms with Gasteiger partial charge >= 0.3 is 0 Å². The maximum absolute atomic E-state index is 12.0. The Hall–Kier alpha value is -1.90. The fraction of sp³-hybridized carbons (Fsp3) is 0.467. The summed E-state index contributed by atoms with van der Waals surface area (Å²) in [4.78, 5) is 12.0. The van der Waals surface area contributed by atoms with Crippen LogP contribution in [0, 0.1) is 18.6 Å². The zero-order valence-electron chi connectivity index (χ0n) is 12.8. The second-order valence-electron chi connectivity index (χ2n) is 5.91. The highest BCUT2D eigenvalue weighted by molar-refractivity contribution is 7.71. The topological polar surface area (TPSA) is 71.2 Å². The van der Waals surface area contributed by atoms with Crippen LogP contribution < -0.4 is 0 Å². The van der Waals surface area contributed by atoms with Crippen molar-refractivity contribution in [2.75, 3.05) is 6.61 Å². The summed E-state index contributed by atoms with van der Waals surface area (Å²) in [6.45, 7) is 4.43. The van der Waals surface area contributed by atoms with Gasteiger partial charge in [-0.15, -0.1) is 0 Å². The predicted molar refractivity (Wildman–Crippen MR) is 82.9 cm³/mol. The molecule has 120 valence electrons. The second-order valence-corrected chi connectivity index (χ2v) is 6.28. The van der Waals surface area contributed by atoms with Gasteiger partial charge in [0.15, 0.2) is 5.78 Å². The fourth-order valence-electron chi connectivity index (χ4n) is 3.05. The molecule has 0 radical (unpaired) electrons. The van der Waals surface area contributed by atoms with E-state index >= 15 is 0 Å². The van der Waals surface area contributed by atoms with Crippen LogP contribution in [0.3, 0.4) is 0 Å².